The van der Waals surface area contributed by atoms with Crippen LogP contribution in [0.1, 0.15) is 0 Å². The lowest BCUT2D eigenvalue weighted by Gasteiger charge is -2.34. The first-order chi connectivity index (χ1) is 20.7. The summed E-state index contributed by atoms with van der Waals surface area (Å²) in [6.07, 6.45) is 2.34. The Bertz CT molecular complexity index is 1720. The van der Waals surface area contributed by atoms with Crippen molar-refractivity contribution in [3.05, 3.63) is 152 Å². The Labute approximate surface area is 248 Å². The Kier molecular flexibility index (Phi) is 7.53. The number of nitrogens with zero attached hydrogens (tertiary/aromatic N) is 3. The van der Waals surface area contributed by atoms with Crippen LogP contribution in [0.2, 0.25) is 0 Å². The molecule has 0 aliphatic rings. The van der Waals surface area contributed by atoms with Gasteiger partial charge >= 0.3 is 0 Å². The molecule has 0 unspecified atom stereocenters. The van der Waals surface area contributed by atoms with E-state index < -0.39 is 0 Å². The fourth-order valence-corrected chi connectivity index (χ4v) is 5.73. The zero-order chi connectivity index (χ0) is 28.9. The number of nitriles is 1. The number of hydrogen-bond donors (Lipinski definition) is 0. The molecule has 42 heavy (non-hydrogen) atoms. The molecule has 6 aromatic carbocycles. The molecular formula is C39H31N3. The van der Waals surface area contributed by atoms with E-state index >= 15 is 0 Å². The number of benzene rings is 6. The van der Waals surface area contributed by atoms with Gasteiger partial charge in [0.05, 0.1) is 5.69 Å². The smallest absolute Gasteiger partial charge is 0.199 e. The summed E-state index contributed by atoms with van der Waals surface area (Å²) in [5, 5.41) is 13.7. The third-order valence-electron chi connectivity index (χ3n) is 7.70. The van der Waals surface area contributed by atoms with E-state index in [9.17, 15) is 5.26 Å². The van der Waals surface area contributed by atoms with Crippen molar-refractivity contribution in [1.29, 1.82) is 5.26 Å². The molecule has 202 valence electrons. The SMILES string of the molecule is CN(C#N)N(C)c1c(-c2ccccc2)c(-c2ccccc2)c(-c2ccccc2)c(-c2ccccc2)c1-c1ccccc1. The van der Waals surface area contributed by atoms with Crippen LogP contribution in [0.4, 0.5) is 5.69 Å². The molecule has 0 atom stereocenters. The summed E-state index contributed by atoms with van der Waals surface area (Å²) in [6.45, 7) is 0. The van der Waals surface area contributed by atoms with E-state index in [2.05, 4.69) is 146 Å². The average Bonchev–Trinajstić information content (AvgIpc) is 3.08. The number of hydrazine groups is 1. The third kappa shape index (κ3) is 4.91. The molecule has 0 spiro atoms. The highest BCUT2D eigenvalue weighted by Gasteiger charge is 2.30. The Morgan fingerprint density at radius 2 is 0.619 bits per heavy atom. The predicted octanol–water partition coefficient (Wildman–Crippen LogP) is 9.79. The van der Waals surface area contributed by atoms with Crippen molar-refractivity contribution in [3.8, 4) is 61.8 Å². The third-order valence-corrected chi connectivity index (χ3v) is 7.70. The Morgan fingerprint density at radius 1 is 0.381 bits per heavy atom. The van der Waals surface area contributed by atoms with Gasteiger partial charge in [-0.2, -0.15) is 5.26 Å². The minimum atomic E-state index is 0.967. The molecule has 0 fully saturated rings. The highest BCUT2D eigenvalue weighted by atomic mass is 15.6. The second-order valence-corrected chi connectivity index (χ2v) is 10.2. The highest BCUT2D eigenvalue weighted by molar-refractivity contribution is 6.14. The van der Waals surface area contributed by atoms with Crippen LogP contribution in [0.25, 0.3) is 55.6 Å². The van der Waals surface area contributed by atoms with Crippen LogP contribution in [0.5, 0.6) is 0 Å². The molecule has 0 bridgehead atoms. The van der Waals surface area contributed by atoms with E-state index in [1.807, 2.05) is 24.2 Å². The fourth-order valence-electron chi connectivity index (χ4n) is 5.73. The first-order valence-electron chi connectivity index (χ1n) is 14.1. The molecule has 3 heteroatoms. The molecule has 0 aliphatic carbocycles. The summed E-state index contributed by atoms with van der Waals surface area (Å²) < 4.78 is 0. The van der Waals surface area contributed by atoms with Crippen molar-refractivity contribution in [2.45, 2.75) is 0 Å². The number of rotatable bonds is 7. The zero-order valence-corrected chi connectivity index (χ0v) is 23.8. The lowest BCUT2D eigenvalue weighted by Crippen LogP contribution is -2.33. The van der Waals surface area contributed by atoms with Crippen LogP contribution in [0, 0.1) is 11.5 Å². The van der Waals surface area contributed by atoms with Crippen molar-refractivity contribution in [3.63, 3.8) is 0 Å². The van der Waals surface area contributed by atoms with Gasteiger partial charge in [-0.1, -0.05) is 152 Å². The Morgan fingerprint density at radius 3 is 0.881 bits per heavy atom. The van der Waals surface area contributed by atoms with Crippen molar-refractivity contribution in [2.24, 2.45) is 0 Å². The Balaban J connectivity index is 1.95. The van der Waals surface area contributed by atoms with E-state index in [1.54, 1.807) is 12.1 Å². The maximum atomic E-state index is 10.1. The van der Waals surface area contributed by atoms with Crippen LogP contribution in [0.3, 0.4) is 0 Å². The molecule has 0 N–H and O–H groups in total. The van der Waals surface area contributed by atoms with Gasteiger partial charge in [0.25, 0.3) is 0 Å². The lowest BCUT2D eigenvalue weighted by molar-refractivity contribution is 0.463. The van der Waals surface area contributed by atoms with Gasteiger partial charge in [0.2, 0.25) is 0 Å². The molecule has 0 radical (unpaired) electrons. The first-order valence-corrected chi connectivity index (χ1v) is 14.1. The summed E-state index contributed by atoms with van der Waals surface area (Å²) in [6, 6.07) is 53.0. The minimum absolute atomic E-state index is 0.967. The van der Waals surface area contributed by atoms with Gasteiger partial charge in [0.15, 0.2) is 6.19 Å². The molecule has 6 rings (SSSR count). The zero-order valence-electron chi connectivity index (χ0n) is 23.8. The van der Waals surface area contributed by atoms with Gasteiger partial charge in [-0.3, -0.25) is 5.01 Å². The topological polar surface area (TPSA) is 30.3 Å². The van der Waals surface area contributed by atoms with Crippen LogP contribution < -0.4 is 5.01 Å². The van der Waals surface area contributed by atoms with E-state index in [1.165, 1.54) is 0 Å². The minimum Gasteiger partial charge on any atom is -0.279 e. The molecule has 0 aliphatic heterocycles. The van der Waals surface area contributed by atoms with Crippen molar-refractivity contribution < 1.29 is 0 Å². The number of anilines is 1. The molecule has 0 saturated heterocycles. The van der Waals surface area contributed by atoms with E-state index in [0.29, 0.717) is 0 Å². The molecular weight excluding hydrogens is 510 g/mol. The quantitative estimate of drug-likeness (QED) is 0.114. The van der Waals surface area contributed by atoms with Gasteiger partial charge in [-0.05, 0) is 33.4 Å². The molecule has 0 aromatic heterocycles. The van der Waals surface area contributed by atoms with Gasteiger partial charge in [0, 0.05) is 36.3 Å². The maximum absolute atomic E-state index is 10.1. The molecule has 3 nitrogen and oxygen atoms in total. The number of hydrogen-bond acceptors (Lipinski definition) is 3. The predicted molar refractivity (Wildman–Crippen MR) is 175 cm³/mol. The normalized spacial score (nSPS) is 10.6. The average molecular weight is 542 g/mol. The van der Waals surface area contributed by atoms with Crippen LogP contribution in [0.15, 0.2) is 152 Å². The van der Waals surface area contributed by atoms with Gasteiger partial charge in [-0.25, -0.2) is 5.01 Å². The second-order valence-electron chi connectivity index (χ2n) is 10.2. The molecule has 0 amide bonds. The van der Waals surface area contributed by atoms with Crippen LogP contribution in [-0.4, -0.2) is 19.1 Å². The molecule has 0 heterocycles. The van der Waals surface area contributed by atoms with Crippen molar-refractivity contribution in [1.82, 2.24) is 5.01 Å². The van der Waals surface area contributed by atoms with Gasteiger partial charge < -0.3 is 0 Å². The summed E-state index contributed by atoms with van der Waals surface area (Å²) in [7, 11) is 3.78. The second kappa shape index (κ2) is 11.9. The van der Waals surface area contributed by atoms with Gasteiger partial charge in [-0.15, -0.1) is 0 Å². The van der Waals surface area contributed by atoms with Crippen LogP contribution in [-0.2, 0) is 0 Å². The van der Waals surface area contributed by atoms with Crippen molar-refractivity contribution >= 4 is 5.69 Å². The standard InChI is InChI=1S/C39H31N3/c1-41(28-40)42(2)39-37(32-24-14-6-15-25-32)35(30-20-10-4-11-21-30)34(29-18-8-3-9-19-29)36(31-22-12-5-13-23-31)38(39)33-26-16-7-17-27-33/h3-27H,1-2H3. The summed E-state index contributed by atoms with van der Waals surface area (Å²) in [5.41, 5.74) is 12.0. The summed E-state index contributed by atoms with van der Waals surface area (Å²) in [5.74, 6) is 0. The lowest BCUT2D eigenvalue weighted by atomic mass is 9.77. The maximum Gasteiger partial charge on any atom is 0.199 e. The van der Waals surface area contributed by atoms with Crippen LogP contribution >= 0.6 is 0 Å². The largest absolute Gasteiger partial charge is 0.279 e. The molecule has 6 aromatic rings. The van der Waals surface area contributed by atoms with E-state index in [-0.39, 0.29) is 0 Å². The molecule has 0 saturated carbocycles. The highest BCUT2D eigenvalue weighted by Crippen LogP contribution is 2.55. The monoisotopic (exact) mass is 541 g/mol. The first kappa shape index (κ1) is 26.6. The van der Waals surface area contributed by atoms with Gasteiger partial charge in [0.1, 0.15) is 0 Å². The Hall–Kier alpha value is -5.59. The van der Waals surface area contributed by atoms with E-state index in [4.69, 9.17) is 0 Å². The summed E-state index contributed by atoms with van der Waals surface area (Å²) in [4.78, 5) is 0. The van der Waals surface area contributed by atoms with E-state index in [0.717, 1.165) is 61.3 Å². The fraction of sp³-hybridized carbons (Fsp3) is 0.0513. The summed E-state index contributed by atoms with van der Waals surface area (Å²) >= 11 is 0. The van der Waals surface area contributed by atoms with Crippen molar-refractivity contribution in [2.75, 3.05) is 19.1 Å².